The van der Waals surface area contributed by atoms with Gasteiger partial charge in [0, 0.05) is 7.11 Å². The van der Waals surface area contributed by atoms with Crippen molar-refractivity contribution in [1.82, 2.24) is 0 Å². The van der Waals surface area contributed by atoms with Crippen molar-refractivity contribution in [2.45, 2.75) is 69.7 Å². The Morgan fingerprint density at radius 1 is 0.775 bits per heavy atom. The molecule has 40 heavy (non-hydrogen) atoms. The number of hydrogen-bond donors (Lipinski definition) is 1. The number of aliphatic hydroxyl groups is 1. The minimum atomic E-state index is -1.88. The van der Waals surface area contributed by atoms with E-state index in [1.807, 2.05) is 91.0 Å². The lowest BCUT2D eigenvalue weighted by atomic mass is 9.84. The highest BCUT2D eigenvalue weighted by Gasteiger charge is 2.57. The Kier molecular flexibility index (Phi) is 10.7. The molecule has 4 rings (SSSR count). The Bertz CT molecular complexity index is 1220. The summed E-state index contributed by atoms with van der Waals surface area (Å²) >= 11 is 0. The zero-order chi connectivity index (χ0) is 28.4. The molecule has 212 valence electrons. The second-order valence-corrected chi connectivity index (χ2v) is 15.8. The molecule has 0 radical (unpaired) electrons. The quantitative estimate of drug-likeness (QED) is 0.252. The molecule has 7 heteroatoms. The summed E-state index contributed by atoms with van der Waals surface area (Å²) in [5, 5.41) is 12.4. The van der Waals surface area contributed by atoms with E-state index in [0.717, 1.165) is 16.7 Å². The molecule has 1 aliphatic rings. The number of hydrogen-bond acceptors (Lipinski definition) is 6. The first-order valence-electron chi connectivity index (χ1n) is 13.7. The maximum atomic E-state index is 12.4. The summed E-state index contributed by atoms with van der Waals surface area (Å²) in [6.45, 7) is 7.44. The molecule has 1 heterocycles. The van der Waals surface area contributed by atoms with Gasteiger partial charge in [-0.1, -0.05) is 117 Å². The normalized spacial score (nSPS) is 24.7. The summed E-state index contributed by atoms with van der Waals surface area (Å²) in [5.74, 6) is 3.20. The van der Waals surface area contributed by atoms with Crippen molar-refractivity contribution in [3.8, 4) is 11.5 Å². The summed E-state index contributed by atoms with van der Waals surface area (Å²) in [4.78, 5) is 0. The minimum Gasteiger partial charge on any atom is -0.374 e. The third kappa shape index (κ3) is 8.35. The summed E-state index contributed by atoms with van der Waals surface area (Å²) in [7, 11) is -0.314. The van der Waals surface area contributed by atoms with Crippen molar-refractivity contribution in [3.05, 3.63) is 108 Å². The van der Waals surface area contributed by atoms with Gasteiger partial charge >= 0.3 is 0 Å². The smallest absolute Gasteiger partial charge is 0.186 e. The first kappa shape index (κ1) is 30.2. The first-order valence-corrected chi connectivity index (χ1v) is 17.2. The van der Waals surface area contributed by atoms with Crippen LogP contribution in [0.15, 0.2) is 91.0 Å². The Hall–Kier alpha value is -2.80. The van der Waals surface area contributed by atoms with Crippen molar-refractivity contribution < 1.29 is 28.8 Å². The van der Waals surface area contributed by atoms with Crippen LogP contribution in [0.2, 0.25) is 19.6 Å². The van der Waals surface area contributed by atoms with Crippen molar-refractivity contribution in [2.75, 3.05) is 13.7 Å². The molecule has 1 saturated heterocycles. The fourth-order valence-electron chi connectivity index (χ4n) is 4.49. The van der Waals surface area contributed by atoms with Gasteiger partial charge < -0.3 is 28.8 Å². The van der Waals surface area contributed by atoms with Gasteiger partial charge in [-0.2, -0.15) is 0 Å². The van der Waals surface area contributed by atoms with Crippen LogP contribution in [0.3, 0.4) is 0 Å². The number of methoxy groups -OCH3 is 1. The largest absolute Gasteiger partial charge is 0.374 e. The lowest BCUT2D eigenvalue weighted by Gasteiger charge is -2.48. The van der Waals surface area contributed by atoms with E-state index < -0.39 is 38.3 Å². The summed E-state index contributed by atoms with van der Waals surface area (Å²) in [6.07, 6.45) is -3.25. The van der Waals surface area contributed by atoms with Gasteiger partial charge in [-0.05, 0) is 16.7 Å². The minimum absolute atomic E-state index is 0.0994. The van der Waals surface area contributed by atoms with Crippen molar-refractivity contribution in [1.29, 1.82) is 0 Å². The van der Waals surface area contributed by atoms with E-state index in [1.165, 1.54) is 0 Å². The molecule has 0 spiro atoms. The van der Waals surface area contributed by atoms with E-state index >= 15 is 0 Å². The maximum Gasteiger partial charge on any atom is 0.186 e. The fourth-order valence-corrected chi connectivity index (χ4v) is 5.06. The number of rotatable bonds is 11. The molecule has 1 fully saturated rings. The van der Waals surface area contributed by atoms with Crippen LogP contribution in [-0.2, 0) is 43.5 Å². The van der Waals surface area contributed by atoms with Gasteiger partial charge in [0.15, 0.2) is 11.9 Å². The van der Waals surface area contributed by atoms with Gasteiger partial charge in [0.25, 0.3) is 0 Å². The van der Waals surface area contributed by atoms with E-state index in [1.54, 1.807) is 7.11 Å². The first-order chi connectivity index (χ1) is 19.3. The molecule has 0 amide bonds. The summed E-state index contributed by atoms with van der Waals surface area (Å²) in [5.41, 5.74) is 4.64. The third-order valence-electron chi connectivity index (χ3n) is 6.60. The van der Waals surface area contributed by atoms with Crippen LogP contribution in [-0.4, -0.2) is 57.1 Å². The van der Waals surface area contributed by atoms with Crippen LogP contribution in [0, 0.1) is 11.5 Å². The molecule has 5 atom stereocenters. The van der Waals surface area contributed by atoms with E-state index in [-0.39, 0.29) is 13.2 Å². The molecular weight excluding hydrogens is 520 g/mol. The fraction of sp³-hybridized carbons (Fsp3) is 0.394. The Morgan fingerprint density at radius 2 is 1.27 bits per heavy atom. The molecule has 0 aliphatic carbocycles. The Balaban J connectivity index is 1.65. The molecule has 0 bridgehead atoms. The molecule has 3 unspecified atom stereocenters. The lowest BCUT2D eigenvalue weighted by Crippen LogP contribution is -2.68. The molecule has 1 N–H and O–H groups in total. The second-order valence-electron chi connectivity index (χ2n) is 11.0. The van der Waals surface area contributed by atoms with Gasteiger partial charge in [0.1, 0.15) is 26.4 Å². The van der Waals surface area contributed by atoms with Gasteiger partial charge in [0.05, 0.1) is 26.4 Å². The van der Waals surface area contributed by atoms with Crippen LogP contribution < -0.4 is 0 Å². The van der Waals surface area contributed by atoms with E-state index in [4.69, 9.17) is 23.7 Å². The van der Waals surface area contributed by atoms with E-state index in [0.29, 0.717) is 13.2 Å². The molecule has 6 nitrogen and oxygen atoms in total. The number of ether oxygens (including phenoxy) is 5. The SMILES string of the molecule is CO[C@H]1OC(COCc2ccccc2)[C@@](O)(C#C[Si](C)(C)C)C(OCc2ccccc2)C1OCc1ccccc1. The topological polar surface area (TPSA) is 66.4 Å². The highest BCUT2D eigenvalue weighted by Crippen LogP contribution is 2.35. The van der Waals surface area contributed by atoms with Crippen molar-refractivity contribution in [3.63, 3.8) is 0 Å². The number of benzene rings is 3. The van der Waals surface area contributed by atoms with E-state index in [9.17, 15) is 5.11 Å². The van der Waals surface area contributed by atoms with Crippen LogP contribution in [0.1, 0.15) is 16.7 Å². The third-order valence-corrected chi connectivity index (χ3v) is 7.47. The predicted molar refractivity (Wildman–Crippen MR) is 158 cm³/mol. The summed E-state index contributed by atoms with van der Waals surface area (Å²) < 4.78 is 31.1. The summed E-state index contributed by atoms with van der Waals surface area (Å²) in [6, 6.07) is 29.6. The average molecular weight is 561 g/mol. The highest BCUT2D eigenvalue weighted by atomic mass is 28.3. The highest BCUT2D eigenvalue weighted by molar-refractivity contribution is 6.83. The lowest BCUT2D eigenvalue weighted by molar-refractivity contribution is -0.332. The maximum absolute atomic E-state index is 12.4. The van der Waals surface area contributed by atoms with Crippen LogP contribution in [0.5, 0.6) is 0 Å². The standard InChI is InChI=1S/C33H40O6Si/c1-35-32-30(37-23-27-16-10-6-11-17-27)31(38-24-28-18-12-7-13-19-28)33(34,20-21-40(2,3)4)29(39-32)25-36-22-26-14-8-5-9-15-26/h5-19,29-32,34H,22-25H2,1-4H3/t29?,30?,31?,32-,33-/m0/s1. The second kappa shape index (κ2) is 14.2. The zero-order valence-electron chi connectivity index (χ0n) is 23.8. The van der Waals surface area contributed by atoms with Gasteiger partial charge in [-0.15, -0.1) is 5.54 Å². The zero-order valence-corrected chi connectivity index (χ0v) is 24.8. The average Bonchev–Trinajstić information content (AvgIpc) is 2.96. The predicted octanol–water partition coefficient (Wildman–Crippen LogP) is 5.36. The molecular formula is C33H40O6Si. The van der Waals surface area contributed by atoms with Gasteiger partial charge in [0.2, 0.25) is 0 Å². The van der Waals surface area contributed by atoms with Crippen molar-refractivity contribution in [2.24, 2.45) is 0 Å². The molecule has 1 aliphatic heterocycles. The van der Waals surface area contributed by atoms with Crippen molar-refractivity contribution >= 4 is 8.07 Å². The van der Waals surface area contributed by atoms with Gasteiger partial charge in [-0.3, -0.25) is 0 Å². The van der Waals surface area contributed by atoms with Crippen LogP contribution in [0.4, 0.5) is 0 Å². The van der Waals surface area contributed by atoms with Gasteiger partial charge in [-0.25, -0.2) is 0 Å². The van der Waals surface area contributed by atoms with Crippen LogP contribution in [0.25, 0.3) is 0 Å². The monoisotopic (exact) mass is 560 g/mol. The Morgan fingerprint density at radius 3 is 1.77 bits per heavy atom. The molecule has 0 saturated carbocycles. The van der Waals surface area contributed by atoms with E-state index in [2.05, 4.69) is 31.1 Å². The molecule has 0 aromatic heterocycles. The molecule has 3 aromatic carbocycles. The van der Waals surface area contributed by atoms with Crippen LogP contribution >= 0.6 is 0 Å². The Labute approximate surface area is 239 Å². The molecule has 3 aromatic rings.